The lowest BCUT2D eigenvalue weighted by atomic mass is 10.2. The maximum Gasteiger partial charge on any atom is 0.185 e. The van der Waals surface area contributed by atoms with Crippen molar-refractivity contribution in [1.82, 2.24) is 10.2 Å². The van der Waals surface area contributed by atoms with Crippen LogP contribution in [0.25, 0.3) is 0 Å². The smallest absolute Gasteiger partial charge is 0.185 e. The molecule has 0 aliphatic carbocycles. The van der Waals surface area contributed by atoms with E-state index >= 15 is 0 Å². The summed E-state index contributed by atoms with van der Waals surface area (Å²) in [6, 6.07) is 0. The largest absolute Gasteiger partial charge is 0.292 e. The van der Waals surface area contributed by atoms with Crippen molar-refractivity contribution in [3.63, 3.8) is 0 Å². The first-order valence-corrected chi connectivity index (χ1v) is 5.38. The molecule has 6 heteroatoms. The molecular formula is C7H9Br3N2O. The standard InChI is InChI=1S/C7H8Br2N2O.BrH/c1-4-6(9)7(11-10-4)5(12)2-3-8;/h2-3H2,1H3,(H,10,11);1H. The second-order valence-electron chi connectivity index (χ2n) is 2.37. The zero-order valence-electron chi connectivity index (χ0n) is 6.93. The van der Waals surface area contributed by atoms with Gasteiger partial charge in [0.15, 0.2) is 5.78 Å². The molecule has 0 aliphatic heterocycles. The van der Waals surface area contributed by atoms with E-state index in [9.17, 15) is 4.79 Å². The van der Waals surface area contributed by atoms with E-state index in [4.69, 9.17) is 0 Å². The van der Waals surface area contributed by atoms with Gasteiger partial charge in [-0.3, -0.25) is 9.89 Å². The van der Waals surface area contributed by atoms with Crippen LogP contribution < -0.4 is 0 Å². The Kier molecular flexibility index (Phi) is 6.07. The number of halogens is 3. The van der Waals surface area contributed by atoms with E-state index < -0.39 is 0 Å². The second kappa shape index (κ2) is 5.93. The summed E-state index contributed by atoms with van der Waals surface area (Å²) in [7, 11) is 0. The van der Waals surface area contributed by atoms with Crippen LogP contribution in [0, 0.1) is 6.92 Å². The summed E-state index contributed by atoms with van der Waals surface area (Å²) in [4.78, 5) is 11.3. The average molecular weight is 377 g/mol. The van der Waals surface area contributed by atoms with Crippen molar-refractivity contribution in [2.75, 3.05) is 5.33 Å². The molecule has 0 bridgehead atoms. The number of ketones is 1. The molecule has 1 aromatic rings. The van der Waals surface area contributed by atoms with Gasteiger partial charge in [0.2, 0.25) is 0 Å². The molecule has 74 valence electrons. The molecular weight excluding hydrogens is 368 g/mol. The van der Waals surface area contributed by atoms with Crippen molar-refractivity contribution >= 4 is 54.6 Å². The Balaban J connectivity index is 0.00000144. The number of aryl methyl sites for hydroxylation is 1. The zero-order chi connectivity index (χ0) is 9.14. The highest BCUT2D eigenvalue weighted by molar-refractivity contribution is 9.10. The summed E-state index contributed by atoms with van der Waals surface area (Å²) in [5.74, 6) is 0.0445. The van der Waals surface area contributed by atoms with Crippen LogP contribution in [0.1, 0.15) is 22.6 Å². The summed E-state index contributed by atoms with van der Waals surface area (Å²) in [6.07, 6.45) is 0.475. The van der Waals surface area contributed by atoms with Gasteiger partial charge in [-0.05, 0) is 22.9 Å². The number of nitrogens with zero attached hydrogens (tertiary/aromatic N) is 1. The second-order valence-corrected chi connectivity index (χ2v) is 3.96. The number of aromatic nitrogens is 2. The molecule has 1 heterocycles. The van der Waals surface area contributed by atoms with Gasteiger partial charge in [-0.2, -0.15) is 5.10 Å². The molecule has 0 fully saturated rings. The SMILES string of the molecule is Br.Cc1[nH]nc(C(=O)CCBr)c1Br. The van der Waals surface area contributed by atoms with Crippen LogP contribution in [-0.4, -0.2) is 21.3 Å². The van der Waals surface area contributed by atoms with Crippen LogP contribution in [0.3, 0.4) is 0 Å². The van der Waals surface area contributed by atoms with Gasteiger partial charge in [-0.15, -0.1) is 17.0 Å². The third-order valence-corrected chi connectivity index (χ3v) is 2.83. The molecule has 0 unspecified atom stereocenters. The average Bonchev–Trinajstić information content (AvgIpc) is 2.34. The van der Waals surface area contributed by atoms with E-state index in [1.165, 1.54) is 0 Å². The van der Waals surface area contributed by atoms with E-state index in [0.717, 1.165) is 10.2 Å². The third-order valence-electron chi connectivity index (χ3n) is 1.46. The Morgan fingerprint density at radius 2 is 2.23 bits per heavy atom. The van der Waals surface area contributed by atoms with Gasteiger partial charge in [-0.25, -0.2) is 0 Å². The number of H-pyrrole nitrogens is 1. The first kappa shape index (κ1) is 13.3. The summed E-state index contributed by atoms with van der Waals surface area (Å²) in [5.41, 5.74) is 1.37. The van der Waals surface area contributed by atoms with Gasteiger partial charge in [0.1, 0.15) is 5.69 Å². The fraction of sp³-hybridized carbons (Fsp3) is 0.429. The molecule has 0 amide bonds. The first-order chi connectivity index (χ1) is 5.66. The maximum absolute atomic E-state index is 11.3. The first-order valence-electron chi connectivity index (χ1n) is 3.46. The van der Waals surface area contributed by atoms with Crippen molar-refractivity contribution in [3.05, 3.63) is 15.9 Å². The van der Waals surface area contributed by atoms with E-state index in [1.807, 2.05) is 6.92 Å². The van der Waals surface area contributed by atoms with E-state index in [0.29, 0.717) is 17.4 Å². The predicted octanol–water partition coefficient (Wildman–Crippen LogP) is 3.03. The summed E-state index contributed by atoms with van der Waals surface area (Å²) < 4.78 is 0.772. The summed E-state index contributed by atoms with van der Waals surface area (Å²) >= 11 is 6.50. The van der Waals surface area contributed by atoms with Crippen LogP contribution in [0.2, 0.25) is 0 Å². The molecule has 0 saturated carbocycles. The quantitative estimate of drug-likeness (QED) is 0.651. The molecule has 0 saturated heterocycles. The van der Waals surface area contributed by atoms with Crippen LogP contribution in [0.5, 0.6) is 0 Å². The van der Waals surface area contributed by atoms with Gasteiger partial charge >= 0.3 is 0 Å². The van der Waals surface area contributed by atoms with E-state index in [1.54, 1.807) is 0 Å². The van der Waals surface area contributed by atoms with Gasteiger partial charge in [0.25, 0.3) is 0 Å². The lowest BCUT2D eigenvalue weighted by Gasteiger charge is -1.92. The number of aromatic amines is 1. The molecule has 0 aromatic carbocycles. The van der Waals surface area contributed by atoms with Crippen LogP contribution in [-0.2, 0) is 0 Å². The Morgan fingerprint density at radius 1 is 1.62 bits per heavy atom. The number of carbonyl (C=O) groups is 1. The zero-order valence-corrected chi connectivity index (χ0v) is 11.8. The molecule has 0 spiro atoms. The van der Waals surface area contributed by atoms with Gasteiger partial charge in [0.05, 0.1) is 4.47 Å². The van der Waals surface area contributed by atoms with Gasteiger partial charge in [0, 0.05) is 17.4 Å². The van der Waals surface area contributed by atoms with Crippen LogP contribution in [0.15, 0.2) is 4.47 Å². The lowest BCUT2D eigenvalue weighted by Crippen LogP contribution is -2.00. The Hall–Kier alpha value is 0.320. The van der Waals surface area contributed by atoms with Gasteiger partial charge < -0.3 is 0 Å². The van der Waals surface area contributed by atoms with Crippen molar-refractivity contribution < 1.29 is 4.79 Å². The molecule has 3 nitrogen and oxygen atoms in total. The number of Topliss-reactive ketones (excluding diaryl/α,β-unsaturated/α-hetero) is 1. The van der Waals surface area contributed by atoms with E-state index in [-0.39, 0.29) is 22.8 Å². The molecule has 13 heavy (non-hydrogen) atoms. The molecule has 0 aliphatic rings. The van der Waals surface area contributed by atoms with Crippen molar-refractivity contribution in [2.24, 2.45) is 0 Å². The minimum atomic E-state index is 0. The molecule has 1 aromatic heterocycles. The fourth-order valence-electron chi connectivity index (χ4n) is 0.804. The van der Waals surface area contributed by atoms with Gasteiger partial charge in [-0.1, -0.05) is 15.9 Å². The fourth-order valence-corrected chi connectivity index (χ4v) is 1.56. The number of carbonyl (C=O) groups excluding carboxylic acids is 1. The maximum atomic E-state index is 11.3. The Labute approximate surface area is 104 Å². The number of nitrogens with one attached hydrogen (secondary N) is 1. The minimum Gasteiger partial charge on any atom is -0.292 e. The predicted molar refractivity (Wildman–Crippen MR) is 64.1 cm³/mol. The summed E-state index contributed by atoms with van der Waals surface area (Å²) in [6.45, 7) is 1.86. The topological polar surface area (TPSA) is 45.8 Å². The Bertz CT molecular complexity index is 298. The molecule has 1 N–H and O–H groups in total. The highest BCUT2D eigenvalue weighted by Gasteiger charge is 2.14. The van der Waals surface area contributed by atoms with Crippen molar-refractivity contribution in [3.8, 4) is 0 Å². The number of hydrogen-bond donors (Lipinski definition) is 1. The summed E-state index contributed by atoms with van der Waals surface area (Å²) in [5, 5.41) is 7.31. The third kappa shape index (κ3) is 3.18. The lowest BCUT2D eigenvalue weighted by molar-refractivity contribution is 0.0984. The number of alkyl halides is 1. The van der Waals surface area contributed by atoms with E-state index in [2.05, 4.69) is 42.1 Å². The molecule has 1 rings (SSSR count). The van der Waals surface area contributed by atoms with Crippen LogP contribution >= 0.6 is 48.8 Å². The Morgan fingerprint density at radius 3 is 2.62 bits per heavy atom. The monoisotopic (exact) mass is 374 g/mol. The highest BCUT2D eigenvalue weighted by atomic mass is 79.9. The van der Waals surface area contributed by atoms with Crippen molar-refractivity contribution in [2.45, 2.75) is 13.3 Å². The minimum absolute atomic E-state index is 0. The van der Waals surface area contributed by atoms with Crippen LogP contribution in [0.4, 0.5) is 0 Å². The molecule has 0 radical (unpaired) electrons. The highest BCUT2D eigenvalue weighted by Crippen LogP contribution is 2.19. The molecule has 0 atom stereocenters. The number of hydrogen-bond acceptors (Lipinski definition) is 2. The normalized spacial score (nSPS) is 9.46. The number of rotatable bonds is 3. The van der Waals surface area contributed by atoms with Crippen molar-refractivity contribution in [1.29, 1.82) is 0 Å².